The minimum Gasteiger partial charge on any atom is -0.452 e. The Kier molecular flexibility index (Phi) is 3.61. The van der Waals surface area contributed by atoms with Gasteiger partial charge in [0.15, 0.2) is 11.3 Å². The molecule has 126 valence electrons. The fourth-order valence-corrected chi connectivity index (χ4v) is 3.52. The number of halogens is 2. The minimum absolute atomic E-state index is 0.0587. The van der Waals surface area contributed by atoms with Gasteiger partial charge in [-0.3, -0.25) is 4.79 Å². The Morgan fingerprint density at radius 1 is 1.24 bits per heavy atom. The number of thiazole rings is 1. The summed E-state index contributed by atoms with van der Waals surface area (Å²) in [6.45, 7) is -2.97. The third-order valence-electron chi connectivity index (χ3n) is 3.69. The van der Waals surface area contributed by atoms with Gasteiger partial charge in [0.1, 0.15) is 16.3 Å². The van der Waals surface area contributed by atoms with Crippen molar-refractivity contribution in [2.24, 2.45) is 5.73 Å². The lowest BCUT2D eigenvalue weighted by Gasteiger charge is -2.07. The van der Waals surface area contributed by atoms with Gasteiger partial charge in [-0.25, -0.2) is 4.98 Å². The maximum Gasteiger partial charge on any atom is 0.387 e. The Balaban J connectivity index is 2.02. The normalized spacial score (nSPS) is 11.5. The smallest absolute Gasteiger partial charge is 0.387 e. The van der Waals surface area contributed by atoms with Gasteiger partial charge in [0.25, 0.3) is 5.91 Å². The molecule has 0 unspecified atom stereocenters. The summed E-state index contributed by atoms with van der Waals surface area (Å²) in [6, 6.07) is 10.2. The van der Waals surface area contributed by atoms with E-state index in [1.165, 1.54) is 17.4 Å². The molecule has 4 rings (SSSR count). The second kappa shape index (κ2) is 5.82. The number of carbonyl (C=O) groups excluding carboxylic acids is 1. The number of para-hydroxylation sites is 1. The Bertz CT molecular complexity index is 1100. The number of hydrogen-bond acceptors (Lipinski definition) is 5. The number of rotatable bonds is 4. The molecule has 2 heterocycles. The third-order valence-corrected chi connectivity index (χ3v) is 4.57. The lowest BCUT2D eigenvalue weighted by atomic mass is 10.1. The highest BCUT2D eigenvalue weighted by atomic mass is 32.1. The molecular weight excluding hydrogens is 350 g/mol. The summed E-state index contributed by atoms with van der Waals surface area (Å²) in [7, 11) is 0. The molecule has 0 fully saturated rings. The van der Waals surface area contributed by atoms with Gasteiger partial charge in [0.2, 0.25) is 0 Å². The Labute approximate surface area is 143 Å². The van der Waals surface area contributed by atoms with Crippen molar-refractivity contribution in [3.63, 3.8) is 0 Å². The third kappa shape index (κ3) is 2.60. The number of primary amides is 1. The first-order valence-corrected chi connectivity index (χ1v) is 8.07. The van der Waals surface area contributed by atoms with E-state index in [1.807, 2.05) is 12.1 Å². The number of nitrogens with zero attached hydrogens (tertiary/aromatic N) is 1. The van der Waals surface area contributed by atoms with Crippen LogP contribution in [0, 0.1) is 0 Å². The highest BCUT2D eigenvalue weighted by molar-refractivity contribution is 7.13. The molecular formula is C17H10F2N2O3S. The average molecular weight is 360 g/mol. The van der Waals surface area contributed by atoms with Crippen molar-refractivity contribution in [2.45, 2.75) is 6.61 Å². The number of aromatic nitrogens is 1. The summed E-state index contributed by atoms with van der Waals surface area (Å²) in [5.41, 5.74) is 6.79. The van der Waals surface area contributed by atoms with Gasteiger partial charge >= 0.3 is 6.61 Å². The van der Waals surface area contributed by atoms with Gasteiger partial charge in [-0.2, -0.15) is 8.78 Å². The summed E-state index contributed by atoms with van der Waals surface area (Å²) in [5, 5.41) is 3.42. The quantitative estimate of drug-likeness (QED) is 0.585. The summed E-state index contributed by atoms with van der Waals surface area (Å²) in [5.74, 6) is -0.690. The summed E-state index contributed by atoms with van der Waals surface area (Å²) >= 11 is 1.23. The molecule has 8 heteroatoms. The molecule has 0 aliphatic rings. The molecule has 0 spiro atoms. The van der Waals surface area contributed by atoms with E-state index in [1.54, 1.807) is 23.6 Å². The van der Waals surface area contributed by atoms with Crippen LogP contribution < -0.4 is 10.5 Å². The summed E-state index contributed by atoms with van der Waals surface area (Å²) in [6.07, 6.45) is 0. The largest absolute Gasteiger partial charge is 0.452 e. The molecule has 0 saturated carbocycles. The van der Waals surface area contributed by atoms with Crippen LogP contribution in [0.3, 0.4) is 0 Å². The number of hydrogen-bond donors (Lipinski definition) is 1. The number of benzene rings is 2. The van der Waals surface area contributed by atoms with Crippen molar-refractivity contribution in [2.75, 3.05) is 0 Å². The number of furan rings is 1. The maximum atomic E-state index is 12.7. The van der Waals surface area contributed by atoms with Gasteiger partial charge in [-0.15, -0.1) is 11.3 Å². The van der Waals surface area contributed by atoms with Crippen molar-refractivity contribution in [3.8, 4) is 16.3 Å². The van der Waals surface area contributed by atoms with Crippen LogP contribution in [0.2, 0.25) is 0 Å². The average Bonchev–Trinajstić information content (AvgIpc) is 3.20. The molecule has 25 heavy (non-hydrogen) atoms. The van der Waals surface area contributed by atoms with Crippen LogP contribution in [0.4, 0.5) is 8.78 Å². The molecule has 5 nitrogen and oxygen atoms in total. The number of nitrogens with two attached hydrogens (primary N) is 1. The first-order chi connectivity index (χ1) is 12.0. The highest BCUT2D eigenvalue weighted by Gasteiger charge is 2.20. The first-order valence-electron chi connectivity index (χ1n) is 7.19. The van der Waals surface area contributed by atoms with Crippen molar-refractivity contribution in [1.82, 2.24) is 4.98 Å². The van der Waals surface area contributed by atoms with Crippen molar-refractivity contribution >= 4 is 39.2 Å². The lowest BCUT2D eigenvalue weighted by Crippen LogP contribution is -2.10. The molecule has 0 atom stereocenters. The van der Waals surface area contributed by atoms with E-state index in [-0.39, 0.29) is 17.0 Å². The van der Waals surface area contributed by atoms with Gasteiger partial charge in [-0.05, 0) is 18.2 Å². The van der Waals surface area contributed by atoms with E-state index in [0.717, 1.165) is 5.39 Å². The second-order valence-corrected chi connectivity index (χ2v) is 6.05. The zero-order valence-electron chi connectivity index (χ0n) is 12.5. The minimum atomic E-state index is -2.97. The number of fused-ring (bicyclic) bond motifs is 3. The van der Waals surface area contributed by atoms with Crippen molar-refractivity contribution in [3.05, 3.63) is 47.5 Å². The Hall–Kier alpha value is -3.00. The fraction of sp³-hybridized carbons (Fsp3) is 0.0588. The van der Waals surface area contributed by atoms with Crippen LogP contribution in [0.15, 0.2) is 46.2 Å². The van der Waals surface area contributed by atoms with Crippen molar-refractivity contribution in [1.29, 1.82) is 0 Å². The molecule has 0 aliphatic heterocycles. The zero-order chi connectivity index (χ0) is 17.6. The molecule has 0 bridgehead atoms. The number of ether oxygens (including phenoxy) is 1. The van der Waals surface area contributed by atoms with Crippen LogP contribution in [0.25, 0.3) is 32.5 Å². The van der Waals surface area contributed by atoms with E-state index in [4.69, 9.17) is 10.2 Å². The lowest BCUT2D eigenvalue weighted by molar-refractivity contribution is -0.0493. The van der Waals surface area contributed by atoms with Gasteiger partial charge in [0.05, 0.1) is 0 Å². The Morgan fingerprint density at radius 2 is 2.04 bits per heavy atom. The number of carbonyl (C=O) groups is 1. The molecule has 2 aromatic heterocycles. The van der Waals surface area contributed by atoms with E-state index in [0.29, 0.717) is 21.5 Å². The van der Waals surface area contributed by atoms with E-state index < -0.39 is 12.5 Å². The standard InChI is InChI=1S/C17H10F2N2O3S/c18-17(19)24-12-6-5-9(16-21-10(7-25-16)15(20)22)13-8-3-1-2-4-11(8)23-14(12)13/h1-7,17H,(H2,20,22). The summed E-state index contributed by atoms with van der Waals surface area (Å²) < 4.78 is 35.7. The van der Waals surface area contributed by atoms with Gasteiger partial charge in [0, 0.05) is 21.7 Å². The van der Waals surface area contributed by atoms with E-state index in [2.05, 4.69) is 9.72 Å². The van der Waals surface area contributed by atoms with Crippen LogP contribution in [-0.2, 0) is 0 Å². The Morgan fingerprint density at radius 3 is 2.76 bits per heavy atom. The first kappa shape index (κ1) is 15.5. The molecule has 1 amide bonds. The number of amides is 1. The van der Waals surface area contributed by atoms with Crippen LogP contribution in [0.1, 0.15) is 10.5 Å². The summed E-state index contributed by atoms with van der Waals surface area (Å²) in [4.78, 5) is 15.5. The van der Waals surface area contributed by atoms with E-state index >= 15 is 0 Å². The fourth-order valence-electron chi connectivity index (χ4n) is 2.68. The van der Waals surface area contributed by atoms with Crippen LogP contribution >= 0.6 is 11.3 Å². The molecule has 0 radical (unpaired) electrons. The monoisotopic (exact) mass is 360 g/mol. The molecule has 2 aromatic carbocycles. The number of alkyl halides is 2. The molecule has 0 saturated heterocycles. The van der Waals surface area contributed by atoms with Crippen LogP contribution in [0.5, 0.6) is 5.75 Å². The molecule has 2 N–H and O–H groups in total. The molecule has 4 aromatic rings. The molecule has 0 aliphatic carbocycles. The predicted molar refractivity (Wildman–Crippen MR) is 90.0 cm³/mol. The zero-order valence-corrected chi connectivity index (χ0v) is 13.3. The van der Waals surface area contributed by atoms with E-state index in [9.17, 15) is 13.6 Å². The highest BCUT2D eigenvalue weighted by Crippen LogP contribution is 2.42. The van der Waals surface area contributed by atoms with Crippen molar-refractivity contribution < 1.29 is 22.7 Å². The maximum absolute atomic E-state index is 12.7. The SMILES string of the molecule is NC(=O)c1csc(-c2ccc(OC(F)F)c3oc4ccccc4c23)n1. The second-order valence-electron chi connectivity index (χ2n) is 5.19. The van der Waals surface area contributed by atoms with Gasteiger partial charge in [-0.1, -0.05) is 18.2 Å². The van der Waals surface area contributed by atoms with Gasteiger partial charge < -0.3 is 14.9 Å². The predicted octanol–water partition coefficient (Wildman–Crippen LogP) is 4.41. The van der Waals surface area contributed by atoms with Crippen LogP contribution in [-0.4, -0.2) is 17.5 Å². The topological polar surface area (TPSA) is 78.4 Å².